The van der Waals surface area contributed by atoms with E-state index in [9.17, 15) is 19.2 Å². The summed E-state index contributed by atoms with van der Waals surface area (Å²) in [6.07, 6.45) is -3.83. The zero-order valence-electron chi connectivity index (χ0n) is 13.4. The lowest BCUT2D eigenvalue weighted by Crippen LogP contribution is -2.54. The first-order valence-corrected chi connectivity index (χ1v) is 6.99. The fourth-order valence-corrected chi connectivity index (χ4v) is 2.16. The SMILES string of the molecule is CC(=O)OC[C@H]1OC(OC(C)=O)C[C@@H](OC(C)=O)[C@@H]1OC(C)=O. The van der Waals surface area contributed by atoms with E-state index in [1.807, 2.05) is 0 Å². The molecule has 0 amide bonds. The molecule has 1 rings (SSSR count). The zero-order valence-corrected chi connectivity index (χ0v) is 13.4. The minimum atomic E-state index is -1.01. The molecule has 130 valence electrons. The number of esters is 4. The summed E-state index contributed by atoms with van der Waals surface area (Å²) in [7, 11) is 0. The highest BCUT2D eigenvalue weighted by Gasteiger charge is 2.44. The summed E-state index contributed by atoms with van der Waals surface area (Å²) in [6.45, 7) is 4.54. The van der Waals surface area contributed by atoms with Crippen LogP contribution in [-0.2, 0) is 42.9 Å². The fraction of sp³-hybridized carbons (Fsp3) is 0.714. The molecule has 9 nitrogen and oxygen atoms in total. The first-order valence-electron chi connectivity index (χ1n) is 6.99. The van der Waals surface area contributed by atoms with E-state index in [0.717, 1.165) is 0 Å². The van der Waals surface area contributed by atoms with Crippen LogP contribution in [0.3, 0.4) is 0 Å². The smallest absolute Gasteiger partial charge is 0.304 e. The van der Waals surface area contributed by atoms with E-state index >= 15 is 0 Å². The molecule has 1 fully saturated rings. The number of carbonyl (C=O) groups is 4. The van der Waals surface area contributed by atoms with Gasteiger partial charge in [-0.1, -0.05) is 0 Å². The molecular formula is C14H20O9. The first kappa shape index (κ1) is 18.9. The molecule has 1 heterocycles. The molecule has 0 N–H and O–H groups in total. The van der Waals surface area contributed by atoms with Gasteiger partial charge < -0.3 is 23.7 Å². The molecule has 0 aromatic heterocycles. The molecule has 1 aliphatic rings. The van der Waals surface area contributed by atoms with E-state index in [1.165, 1.54) is 27.7 Å². The summed E-state index contributed by atoms with van der Waals surface area (Å²) in [5.74, 6) is -2.36. The summed E-state index contributed by atoms with van der Waals surface area (Å²) in [5.41, 5.74) is 0. The Morgan fingerprint density at radius 3 is 1.91 bits per heavy atom. The van der Waals surface area contributed by atoms with Gasteiger partial charge in [-0.25, -0.2) is 0 Å². The van der Waals surface area contributed by atoms with Gasteiger partial charge in [0.15, 0.2) is 6.10 Å². The lowest BCUT2D eigenvalue weighted by atomic mass is 10.0. The molecule has 0 radical (unpaired) electrons. The van der Waals surface area contributed by atoms with Gasteiger partial charge in [-0.3, -0.25) is 19.2 Å². The molecule has 23 heavy (non-hydrogen) atoms. The van der Waals surface area contributed by atoms with Crippen LogP contribution in [0.4, 0.5) is 0 Å². The van der Waals surface area contributed by atoms with Gasteiger partial charge in [0, 0.05) is 27.7 Å². The monoisotopic (exact) mass is 332 g/mol. The van der Waals surface area contributed by atoms with E-state index in [0.29, 0.717) is 0 Å². The van der Waals surface area contributed by atoms with Crippen molar-refractivity contribution in [3.63, 3.8) is 0 Å². The molecule has 0 saturated carbocycles. The minimum absolute atomic E-state index is 0.00627. The summed E-state index contributed by atoms with van der Waals surface area (Å²) in [4.78, 5) is 44.6. The van der Waals surface area contributed by atoms with Crippen LogP contribution in [-0.4, -0.2) is 55.1 Å². The van der Waals surface area contributed by atoms with Crippen LogP contribution in [0.1, 0.15) is 34.1 Å². The predicted octanol–water partition coefficient (Wildman–Crippen LogP) is 0.0910. The van der Waals surface area contributed by atoms with Crippen LogP contribution in [0.2, 0.25) is 0 Å². The molecule has 9 heteroatoms. The predicted molar refractivity (Wildman–Crippen MR) is 72.8 cm³/mol. The third-order valence-electron chi connectivity index (χ3n) is 2.85. The van der Waals surface area contributed by atoms with Gasteiger partial charge in [-0.05, 0) is 0 Å². The Bertz CT molecular complexity index is 473. The van der Waals surface area contributed by atoms with Crippen LogP contribution < -0.4 is 0 Å². The van der Waals surface area contributed by atoms with E-state index in [-0.39, 0.29) is 13.0 Å². The van der Waals surface area contributed by atoms with Crippen LogP contribution >= 0.6 is 0 Å². The van der Waals surface area contributed by atoms with Crippen molar-refractivity contribution in [1.82, 2.24) is 0 Å². The highest BCUT2D eigenvalue weighted by Crippen LogP contribution is 2.27. The highest BCUT2D eigenvalue weighted by molar-refractivity contribution is 5.68. The molecule has 0 aromatic carbocycles. The Morgan fingerprint density at radius 1 is 0.870 bits per heavy atom. The molecule has 0 spiro atoms. The number of ether oxygens (including phenoxy) is 5. The lowest BCUT2D eigenvalue weighted by molar-refractivity contribution is -0.260. The second kappa shape index (κ2) is 8.47. The fourth-order valence-electron chi connectivity index (χ4n) is 2.16. The number of hydrogen-bond acceptors (Lipinski definition) is 9. The standard InChI is InChI=1S/C14H20O9/c1-7(15)19-6-12-14(22-10(4)18)11(20-8(2)16)5-13(23-12)21-9(3)17/h11-14H,5-6H2,1-4H3/t11-,12-,13?,14+/m1/s1. The minimum Gasteiger partial charge on any atom is -0.463 e. The van der Waals surface area contributed by atoms with Gasteiger partial charge in [-0.15, -0.1) is 0 Å². The zero-order chi connectivity index (χ0) is 17.6. The van der Waals surface area contributed by atoms with Gasteiger partial charge in [0.2, 0.25) is 6.29 Å². The van der Waals surface area contributed by atoms with Crippen molar-refractivity contribution in [2.24, 2.45) is 0 Å². The van der Waals surface area contributed by atoms with Crippen molar-refractivity contribution in [1.29, 1.82) is 0 Å². The largest absolute Gasteiger partial charge is 0.463 e. The Labute approximate surface area is 133 Å². The van der Waals surface area contributed by atoms with Crippen molar-refractivity contribution in [3.05, 3.63) is 0 Å². The Morgan fingerprint density at radius 2 is 1.43 bits per heavy atom. The van der Waals surface area contributed by atoms with E-state index < -0.39 is 48.5 Å². The summed E-state index contributed by atoms with van der Waals surface area (Å²) >= 11 is 0. The lowest BCUT2D eigenvalue weighted by Gasteiger charge is -2.39. The second-order valence-corrected chi connectivity index (χ2v) is 4.97. The molecular weight excluding hydrogens is 312 g/mol. The quantitative estimate of drug-likeness (QED) is 0.510. The average molecular weight is 332 g/mol. The van der Waals surface area contributed by atoms with E-state index in [2.05, 4.69) is 0 Å². The van der Waals surface area contributed by atoms with Crippen molar-refractivity contribution in [2.75, 3.05) is 6.61 Å². The third kappa shape index (κ3) is 6.64. The van der Waals surface area contributed by atoms with Gasteiger partial charge in [0.25, 0.3) is 0 Å². The molecule has 1 saturated heterocycles. The molecule has 4 atom stereocenters. The number of hydrogen-bond donors (Lipinski definition) is 0. The maximum absolute atomic E-state index is 11.3. The molecule has 0 bridgehead atoms. The van der Waals surface area contributed by atoms with E-state index in [1.54, 1.807) is 0 Å². The summed E-state index contributed by atoms with van der Waals surface area (Å²) in [6, 6.07) is 0. The van der Waals surface area contributed by atoms with Crippen LogP contribution in [0.15, 0.2) is 0 Å². The van der Waals surface area contributed by atoms with Crippen LogP contribution in [0.25, 0.3) is 0 Å². The maximum Gasteiger partial charge on any atom is 0.304 e. The maximum atomic E-state index is 11.3. The van der Waals surface area contributed by atoms with Gasteiger partial charge >= 0.3 is 23.9 Å². The Kier molecular flexibility index (Phi) is 6.95. The van der Waals surface area contributed by atoms with Crippen molar-refractivity contribution >= 4 is 23.9 Å². The summed E-state index contributed by atoms with van der Waals surface area (Å²) < 4.78 is 25.6. The number of carbonyl (C=O) groups excluding carboxylic acids is 4. The van der Waals surface area contributed by atoms with Crippen LogP contribution in [0, 0.1) is 0 Å². The molecule has 0 aromatic rings. The number of rotatable bonds is 5. The third-order valence-corrected chi connectivity index (χ3v) is 2.85. The Balaban J connectivity index is 2.94. The van der Waals surface area contributed by atoms with Crippen molar-refractivity contribution in [2.45, 2.75) is 58.7 Å². The molecule has 1 aliphatic heterocycles. The van der Waals surface area contributed by atoms with Gasteiger partial charge in [0.1, 0.15) is 18.8 Å². The second-order valence-electron chi connectivity index (χ2n) is 4.97. The molecule has 0 aliphatic carbocycles. The van der Waals surface area contributed by atoms with Crippen molar-refractivity contribution < 1.29 is 42.9 Å². The van der Waals surface area contributed by atoms with Gasteiger partial charge in [-0.2, -0.15) is 0 Å². The van der Waals surface area contributed by atoms with Crippen molar-refractivity contribution in [3.8, 4) is 0 Å². The average Bonchev–Trinajstić information content (AvgIpc) is 2.37. The highest BCUT2D eigenvalue weighted by atomic mass is 16.7. The normalized spacial score (nSPS) is 26.8. The molecule has 1 unspecified atom stereocenters. The Hall–Kier alpha value is -2.16. The first-order chi connectivity index (χ1) is 10.7. The summed E-state index contributed by atoms with van der Waals surface area (Å²) in [5, 5.41) is 0. The van der Waals surface area contributed by atoms with E-state index in [4.69, 9.17) is 23.7 Å². The van der Waals surface area contributed by atoms with Gasteiger partial charge in [0.05, 0.1) is 6.42 Å². The topological polar surface area (TPSA) is 114 Å². The van der Waals surface area contributed by atoms with Crippen LogP contribution in [0.5, 0.6) is 0 Å².